The van der Waals surface area contributed by atoms with E-state index in [2.05, 4.69) is 21.2 Å². The van der Waals surface area contributed by atoms with E-state index >= 15 is 0 Å². The maximum Gasteiger partial charge on any atom is 0.264 e. The molecular weight excluding hydrogens is 408 g/mol. The first-order chi connectivity index (χ1) is 11.9. The molecule has 0 heterocycles. The molecule has 1 amide bonds. The van der Waals surface area contributed by atoms with Crippen LogP contribution in [0, 0.1) is 0 Å². The van der Waals surface area contributed by atoms with Gasteiger partial charge in [0.2, 0.25) is 5.91 Å². The van der Waals surface area contributed by atoms with Crippen molar-refractivity contribution in [2.24, 2.45) is 0 Å². The lowest BCUT2D eigenvalue weighted by atomic mass is 10.3. The number of nitrogens with zero attached hydrogens (tertiary/aromatic N) is 1. The third-order valence-electron chi connectivity index (χ3n) is 3.34. The molecule has 1 N–H and O–H groups in total. The van der Waals surface area contributed by atoms with Gasteiger partial charge in [-0.25, -0.2) is 8.42 Å². The highest BCUT2D eigenvalue weighted by atomic mass is 79.9. The molecule has 0 atom stereocenters. The second-order valence-corrected chi connectivity index (χ2v) is 7.93. The Hall–Kier alpha value is -1.90. The van der Waals surface area contributed by atoms with Gasteiger partial charge in [-0.15, -0.1) is 0 Å². The van der Waals surface area contributed by atoms with Crippen LogP contribution >= 0.6 is 15.9 Å². The molecule has 0 radical (unpaired) electrons. The van der Waals surface area contributed by atoms with Gasteiger partial charge in [-0.3, -0.25) is 9.10 Å². The van der Waals surface area contributed by atoms with Gasteiger partial charge in [0.15, 0.2) is 0 Å². The van der Waals surface area contributed by atoms with Crippen molar-refractivity contribution in [2.45, 2.75) is 4.90 Å². The van der Waals surface area contributed by atoms with E-state index < -0.39 is 15.9 Å². The molecule has 0 aliphatic rings. The average Bonchev–Trinajstić information content (AvgIpc) is 2.60. The van der Waals surface area contributed by atoms with Gasteiger partial charge >= 0.3 is 0 Å². The van der Waals surface area contributed by atoms with E-state index in [1.807, 2.05) is 0 Å². The van der Waals surface area contributed by atoms with Crippen molar-refractivity contribution in [2.75, 3.05) is 31.1 Å². The number of benzene rings is 2. The van der Waals surface area contributed by atoms with Crippen LogP contribution in [0.15, 0.2) is 64.0 Å². The highest BCUT2D eigenvalue weighted by Crippen LogP contribution is 2.26. The first-order valence-corrected chi connectivity index (χ1v) is 9.77. The zero-order valence-corrected chi connectivity index (χ0v) is 16.1. The van der Waals surface area contributed by atoms with Crippen molar-refractivity contribution in [1.82, 2.24) is 5.32 Å². The van der Waals surface area contributed by atoms with Crippen molar-refractivity contribution >= 4 is 37.5 Å². The van der Waals surface area contributed by atoms with Crippen LogP contribution in [-0.2, 0) is 19.6 Å². The molecule has 2 aromatic carbocycles. The number of hydrogen-bond donors (Lipinski definition) is 1. The Bertz CT molecular complexity index is 812. The average molecular weight is 427 g/mol. The highest BCUT2D eigenvalue weighted by molar-refractivity contribution is 9.10. The Balaban J connectivity index is 2.34. The zero-order valence-electron chi connectivity index (χ0n) is 13.7. The van der Waals surface area contributed by atoms with E-state index in [9.17, 15) is 13.2 Å². The molecule has 0 fully saturated rings. The molecule has 2 aromatic rings. The number of rotatable bonds is 8. The standard InChI is InChI=1S/C17H19BrN2O4S/c1-24-11-10-19-17(21)13-20(15-7-5-6-14(18)12-15)25(22,23)16-8-3-2-4-9-16/h2-9,12H,10-11,13H2,1H3,(H,19,21). The second kappa shape index (κ2) is 8.98. The molecule has 134 valence electrons. The van der Waals surface area contributed by atoms with Crippen LogP contribution in [0.4, 0.5) is 5.69 Å². The van der Waals surface area contributed by atoms with Gasteiger partial charge in [0, 0.05) is 18.1 Å². The predicted molar refractivity (Wildman–Crippen MR) is 100 cm³/mol. The minimum absolute atomic E-state index is 0.125. The number of halogens is 1. The Morgan fingerprint density at radius 3 is 2.52 bits per heavy atom. The van der Waals surface area contributed by atoms with Crippen molar-refractivity contribution in [3.63, 3.8) is 0 Å². The molecule has 2 rings (SSSR count). The lowest BCUT2D eigenvalue weighted by Crippen LogP contribution is -2.41. The fourth-order valence-corrected chi connectivity index (χ4v) is 3.97. The predicted octanol–water partition coefficient (Wildman–Crippen LogP) is 2.41. The molecule has 0 spiro atoms. The Labute approximate surface area is 156 Å². The van der Waals surface area contributed by atoms with Gasteiger partial charge < -0.3 is 10.1 Å². The minimum atomic E-state index is -3.88. The summed E-state index contributed by atoms with van der Waals surface area (Å²) in [6.45, 7) is 0.346. The Kier molecular flexibility index (Phi) is 6.98. The summed E-state index contributed by atoms with van der Waals surface area (Å²) in [4.78, 5) is 12.3. The molecule has 0 unspecified atom stereocenters. The molecule has 0 bridgehead atoms. The van der Waals surface area contributed by atoms with Crippen molar-refractivity contribution < 1.29 is 17.9 Å². The lowest BCUT2D eigenvalue weighted by Gasteiger charge is -2.24. The van der Waals surface area contributed by atoms with Gasteiger partial charge in [-0.05, 0) is 30.3 Å². The second-order valence-electron chi connectivity index (χ2n) is 5.15. The van der Waals surface area contributed by atoms with Crippen LogP contribution in [0.2, 0.25) is 0 Å². The number of nitrogens with one attached hydrogen (secondary N) is 1. The molecule has 0 aromatic heterocycles. The summed E-state index contributed by atoms with van der Waals surface area (Å²) in [6.07, 6.45) is 0. The van der Waals surface area contributed by atoms with Crippen molar-refractivity contribution in [1.29, 1.82) is 0 Å². The topological polar surface area (TPSA) is 75.7 Å². The van der Waals surface area contributed by atoms with Gasteiger partial charge in [-0.2, -0.15) is 0 Å². The Morgan fingerprint density at radius 1 is 1.16 bits per heavy atom. The van der Waals surface area contributed by atoms with E-state index in [1.54, 1.807) is 42.5 Å². The molecule has 0 aliphatic heterocycles. The zero-order chi connectivity index (χ0) is 18.3. The lowest BCUT2D eigenvalue weighted by molar-refractivity contribution is -0.119. The van der Waals surface area contributed by atoms with E-state index in [1.165, 1.54) is 19.2 Å². The maximum atomic E-state index is 13.0. The third-order valence-corrected chi connectivity index (χ3v) is 5.62. The number of ether oxygens (including phenoxy) is 1. The summed E-state index contributed by atoms with van der Waals surface area (Å²) in [7, 11) is -2.35. The van der Waals surface area contributed by atoms with Crippen molar-refractivity contribution in [3.05, 3.63) is 59.1 Å². The first kappa shape index (κ1) is 19.4. The fourth-order valence-electron chi connectivity index (χ4n) is 2.14. The van der Waals surface area contributed by atoms with Gasteiger partial charge in [-0.1, -0.05) is 40.2 Å². The number of hydrogen-bond acceptors (Lipinski definition) is 4. The number of methoxy groups -OCH3 is 1. The summed E-state index contributed by atoms with van der Waals surface area (Å²) in [6, 6.07) is 14.8. The SMILES string of the molecule is COCCNC(=O)CN(c1cccc(Br)c1)S(=O)(=O)c1ccccc1. The maximum absolute atomic E-state index is 13.0. The van der Waals surface area contributed by atoms with E-state index in [0.29, 0.717) is 18.8 Å². The molecule has 6 nitrogen and oxygen atoms in total. The monoisotopic (exact) mass is 426 g/mol. The smallest absolute Gasteiger partial charge is 0.264 e. The van der Waals surface area contributed by atoms with Crippen LogP contribution in [-0.4, -0.2) is 41.1 Å². The summed E-state index contributed by atoms with van der Waals surface area (Å²) >= 11 is 3.33. The third kappa shape index (κ3) is 5.29. The Morgan fingerprint density at radius 2 is 1.88 bits per heavy atom. The molecule has 0 saturated carbocycles. The summed E-state index contributed by atoms with van der Waals surface area (Å²) in [5, 5.41) is 2.64. The fraction of sp³-hybridized carbons (Fsp3) is 0.235. The number of anilines is 1. The van der Waals surface area contributed by atoms with Crippen LogP contribution in [0.3, 0.4) is 0 Å². The van der Waals surface area contributed by atoms with Crippen LogP contribution in [0.1, 0.15) is 0 Å². The van der Waals surface area contributed by atoms with Crippen LogP contribution in [0.25, 0.3) is 0 Å². The van der Waals surface area contributed by atoms with Gasteiger partial charge in [0.1, 0.15) is 6.54 Å². The van der Waals surface area contributed by atoms with Crippen LogP contribution < -0.4 is 9.62 Å². The molecule has 0 aliphatic carbocycles. The number of amides is 1. The molecular formula is C17H19BrN2O4S. The number of sulfonamides is 1. The van der Waals surface area contributed by atoms with Crippen LogP contribution in [0.5, 0.6) is 0 Å². The first-order valence-electron chi connectivity index (χ1n) is 7.54. The van der Waals surface area contributed by atoms with E-state index in [4.69, 9.17) is 4.74 Å². The molecule has 8 heteroatoms. The highest BCUT2D eigenvalue weighted by Gasteiger charge is 2.27. The molecule has 25 heavy (non-hydrogen) atoms. The number of carbonyl (C=O) groups is 1. The molecule has 0 saturated heterocycles. The normalized spacial score (nSPS) is 11.1. The van der Waals surface area contributed by atoms with Gasteiger partial charge in [0.05, 0.1) is 17.2 Å². The number of carbonyl (C=O) groups excluding carboxylic acids is 1. The quantitative estimate of drug-likeness (QED) is 0.657. The summed E-state index contributed by atoms with van der Waals surface area (Å²) in [5.41, 5.74) is 0.403. The van der Waals surface area contributed by atoms with E-state index in [0.717, 1.165) is 8.78 Å². The van der Waals surface area contributed by atoms with E-state index in [-0.39, 0.29) is 11.4 Å². The summed E-state index contributed by atoms with van der Waals surface area (Å²) < 4.78 is 32.7. The van der Waals surface area contributed by atoms with Gasteiger partial charge in [0.25, 0.3) is 10.0 Å². The minimum Gasteiger partial charge on any atom is -0.383 e. The largest absolute Gasteiger partial charge is 0.383 e. The van der Waals surface area contributed by atoms with Crippen molar-refractivity contribution in [3.8, 4) is 0 Å². The summed E-state index contributed by atoms with van der Waals surface area (Å²) in [5.74, 6) is -0.406.